The summed E-state index contributed by atoms with van der Waals surface area (Å²) in [6.45, 7) is 3.37. The molecule has 0 aromatic heterocycles. The Morgan fingerprint density at radius 1 is 1.12 bits per heavy atom. The van der Waals surface area contributed by atoms with E-state index in [2.05, 4.69) is 10.6 Å². The molecule has 2 N–H and O–H groups in total. The van der Waals surface area contributed by atoms with Crippen molar-refractivity contribution < 1.29 is 14.3 Å². The van der Waals surface area contributed by atoms with Crippen LogP contribution in [0.2, 0.25) is 5.02 Å². The third kappa shape index (κ3) is 5.36. The molecule has 2 rings (SSSR count). The number of ether oxygens (including phenoxy) is 1. The van der Waals surface area contributed by atoms with Gasteiger partial charge in [-0.05, 0) is 43.3 Å². The largest absolute Gasteiger partial charge is 0.496 e. The summed E-state index contributed by atoms with van der Waals surface area (Å²) in [6.07, 6.45) is 3.07. The smallest absolute Gasteiger partial charge is 0.248 e. The van der Waals surface area contributed by atoms with E-state index in [0.717, 1.165) is 11.1 Å². The van der Waals surface area contributed by atoms with Crippen LogP contribution in [0.1, 0.15) is 18.1 Å². The highest BCUT2D eigenvalue weighted by Gasteiger charge is 2.06. The third-order valence-corrected chi connectivity index (χ3v) is 3.67. The van der Waals surface area contributed by atoms with Crippen LogP contribution in [0.4, 0.5) is 11.4 Å². The zero-order valence-electron chi connectivity index (χ0n) is 14.2. The highest BCUT2D eigenvalue weighted by molar-refractivity contribution is 6.34. The van der Waals surface area contributed by atoms with Gasteiger partial charge in [-0.2, -0.15) is 0 Å². The van der Waals surface area contributed by atoms with E-state index in [9.17, 15) is 9.59 Å². The predicted octanol–water partition coefficient (Wildman–Crippen LogP) is 4.27. The first-order valence-electron chi connectivity index (χ1n) is 7.60. The highest BCUT2D eigenvalue weighted by atomic mass is 35.5. The molecule has 0 spiro atoms. The van der Waals surface area contributed by atoms with Crippen LogP contribution < -0.4 is 15.4 Å². The molecule has 0 aliphatic carbocycles. The van der Waals surface area contributed by atoms with Crippen LogP contribution in [0.25, 0.3) is 6.08 Å². The van der Waals surface area contributed by atoms with Crippen molar-refractivity contribution in [3.63, 3.8) is 0 Å². The fourth-order valence-corrected chi connectivity index (χ4v) is 2.39. The first-order chi connectivity index (χ1) is 11.9. The molecule has 25 heavy (non-hydrogen) atoms. The Kier molecular flexibility index (Phi) is 6.19. The molecule has 0 radical (unpaired) electrons. The Morgan fingerprint density at radius 3 is 2.56 bits per heavy atom. The number of nitrogens with one attached hydrogen (secondary N) is 2. The second-order valence-corrected chi connectivity index (χ2v) is 5.85. The van der Waals surface area contributed by atoms with E-state index in [-0.39, 0.29) is 11.8 Å². The first kappa shape index (κ1) is 18.5. The molecular formula is C19H19ClN2O3. The van der Waals surface area contributed by atoms with Gasteiger partial charge in [-0.25, -0.2) is 0 Å². The summed E-state index contributed by atoms with van der Waals surface area (Å²) >= 11 is 6.09. The maximum absolute atomic E-state index is 12.2. The second-order valence-electron chi connectivity index (χ2n) is 5.44. The van der Waals surface area contributed by atoms with Crippen molar-refractivity contribution >= 4 is 40.9 Å². The molecule has 0 atom stereocenters. The van der Waals surface area contributed by atoms with Crippen molar-refractivity contribution in [2.75, 3.05) is 17.7 Å². The quantitative estimate of drug-likeness (QED) is 0.784. The minimum Gasteiger partial charge on any atom is -0.496 e. The van der Waals surface area contributed by atoms with Crippen LogP contribution in [0, 0.1) is 6.92 Å². The van der Waals surface area contributed by atoms with Gasteiger partial charge in [0.15, 0.2) is 0 Å². The SMILES string of the molecule is COc1ccc(C)cc1/C=C/C(=O)Nc1cc(NC(C)=O)ccc1Cl. The van der Waals surface area contributed by atoms with Gasteiger partial charge in [-0.15, -0.1) is 0 Å². The minimum atomic E-state index is -0.342. The number of halogens is 1. The number of hydrogen-bond acceptors (Lipinski definition) is 3. The topological polar surface area (TPSA) is 67.4 Å². The molecule has 5 nitrogen and oxygen atoms in total. The van der Waals surface area contributed by atoms with Crippen LogP contribution >= 0.6 is 11.6 Å². The van der Waals surface area contributed by atoms with Crippen molar-refractivity contribution in [2.45, 2.75) is 13.8 Å². The second kappa shape index (κ2) is 8.35. The normalized spacial score (nSPS) is 10.6. The van der Waals surface area contributed by atoms with Gasteiger partial charge in [-0.1, -0.05) is 23.2 Å². The zero-order chi connectivity index (χ0) is 18.4. The molecule has 0 saturated heterocycles. The number of methoxy groups -OCH3 is 1. The number of carbonyl (C=O) groups is 2. The summed E-state index contributed by atoms with van der Waals surface area (Å²) in [5.74, 6) is 0.136. The molecule has 2 amide bonds. The molecule has 0 fully saturated rings. The molecule has 0 aliphatic rings. The first-order valence-corrected chi connectivity index (χ1v) is 7.97. The number of benzene rings is 2. The van der Waals surface area contributed by atoms with Gasteiger partial charge < -0.3 is 15.4 Å². The Labute approximate surface area is 151 Å². The van der Waals surface area contributed by atoms with Gasteiger partial charge in [-0.3, -0.25) is 9.59 Å². The van der Waals surface area contributed by atoms with E-state index in [0.29, 0.717) is 22.1 Å². The maximum Gasteiger partial charge on any atom is 0.248 e. The van der Waals surface area contributed by atoms with E-state index >= 15 is 0 Å². The lowest BCUT2D eigenvalue weighted by molar-refractivity contribution is -0.114. The summed E-state index contributed by atoms with van der Waals surface area (Å²) in [7, 11) is 1.58. The molecular weight excluding hydrogens is 340 g/mol. The van der Waals surface area contributed by atoms with Crippen molar-refractivity contribution in [3.05, 3.63) is 58.6 Å². The third-order valence-electron chi connectivity index (χ3n) is 3.34. The number of amides is 2. The molecule has 0 bridgehead atoms. The van der Waals surface area contributed by atoms with E-state index in [4.69, 9.17) is 16.3 Å². The predicted molar refractivity (Wildman–Crippen MR) is 101 cm³/mol. The molecule has 0 saturated carbocycles. The Morgan fingerprint density at radius 2 is 1.88 bits per heavy atom. The minimum absolute atomic E-state index is 0.203. The molecule has 0 heterocycles. The summed E-state index contributed by atoms with van der Waals surface area (Å²) < 4.78 is 5.28. The lowest BCUT2D eigenvalue weighted by Crippen LogP contribution is -2.10. The standard InChI is InChI=1S/C19H19ClN2O3/c1-12-4-8-18(25-3)14(10-12)5-9-19(24)22-17-11-15(21-13(2)23)6-7-16(17)20/h4-11H,1-3H3,(H,21,23)(H,22,24)/b9-5+. The number of anilines is 2. The summed E-state index contributed by atoms with van der Waals surface area (Å²) in [6, 6.07) is 10.6. The summed E-state index contributed by atoms with van der Waals surface area (Å²) in [4.78, 5) is 23.3. The summed E-state index contributed by atoms with van der Waals surface area (Å²) in [5, 5.41) is 5.72. The van der Waals surface area contributed by atoms with E-state index in [1.807, 2.05) is 25.1 Å². The number of aryl methyl sites for hydroxylation is 1. The number of rotatable bonds is 5. The average molecular weight is 359 g/mol. The van der Waals surface area contributed by atoms with Gasteiger partial charge in [0.1, 0.15) is 5.75 Å². The van der Waals surface area contributed by atoms with Gasteiger partial charge in [0.25, 0.3) is 0 Å². The van der Waals surface area contributed by atoms with Gasteiger partial charge in [0.05, 0.1) is 17.8 Å². The fourth-order valence-electron chi connectivity index (χ4n) is 2.23. The van der Waals surface area contributed by atoms with E-state index < -0.39 is 0 Å². The molecule has 2 aromatic rings. The monoisotopic (exact) mass is 358 g/mol. The molecule has 130 valence electrons. The van der Waals surface area contributed by atoms with Crippen LogP contribution in [0.15, 0.2) is 42.5 Å². The van der Waals surface area contributed by atoms with Crippen molar-refractivity contribution in [1.82, 2.24) is 0 Å². The highest BCUT2D eigenvalue weighted by Crippen LogP contribution is 2.26. The lowest BCUT2D eigenvalue weighted by Gasteiger charge is -2.09. The maximum atomic E-state index is 12.2. The van der Waals surface area contributed by atoms with Crippen molar-refractivity contribution in [3.8, 4) is 5.75 Å². The van der Waals surface area contributed by atoms with Crippen LogP contribution in [0.5, 0.6) is 5.75 Å². The van der Waals surface area contributed by atoms with Gasteiger partial charge >= 0.3 is 0 Å². The van der Waals surface area contributed by atoms with Gasteiger partial charge in [0, 0.05) is 24.3 Å². The van der Waals surface area contributed by atoms with Crippen LogP contribution in [-0.2, 0) is 9.59 Å². The summed E-state index contributed by atoms with van der Waals surface area (Å²) in [5.41, 5.74) is 2.83. The van der Waals surface area contributed by atoms with Crippen molar-refractivity contribution in [1.29, 1.82) is 0 Å². The Balaban J connectivity index is 2.15. The van der Waals surface area contributed by atoms with E-state index in [1.165, 1.54) is 13.0 Å². The van der Waals surface area contributed by atoms with Crippen molar-refractivity contribution in [2.24, 2.45) is 0 Å². The number of carbonyl (C=O) groups excluding carboxylic acids is 2. The molecule has 2 aromatic carbocycles. The van der Waals surface area contributed by atoms with E-state index in [1.54, 1.807) is 31.4 Å². The average Bonchev–Trinajstić information content (AvgIpc) is 2.55. The fraction of sp³-hybridized carbons (Fsp3) is 0.158. The van der Waals surface area contributed by atoms with Gasteiger partial charge in [0.2, 0.25) is 11.8 Å². The Bertz CT molecular complexity index is 831. The molecule has 6 heteroatoms. The lowest BCUT2D eigenvalue weighted by atomic mass is 10.1. The zero-order valence-corrected chi connectivity index (χ0v) is 15.0. The van der Waals surface area contributed by atoms with Crippen LogP contribution in [0.3, 0.4) is 0 Å². The Hall–Kier alpha value is -2.79. The molecule has 0 unspecified atom stereocenters. The number of hydrogen-bond donors (Lipinski definition) is 2. The van der Waals surface area contributed by atoms with Crippen LogP contribution in [-0.4, -0.2) is 18.9 Å². The molecule has 0 aliphatic heterocycles.